The molecule has 1 heterocycles. The van der Waals surface area contributed by atoms with Gasteiger partial charge in [0.25, 0.3) is 0 Å². The lowest BCUT2D eigenvalue weighted by atomic mass is 10.2. The SMILES string of the molecule is O=C(Nc1ccc(Cl)cc1F)N1CCC[C@H]1CO. The Kier molecular flexibility index (Phi) is 4.04. The van der Waals surface area contributed by atoms with Crippen LogP contribution in [0.3, 0.4) is 0 Å². The standard InChI is InChI=1S/C12H14ClFN2O2/c13-8-3-4-11(10(14)6-8)15-12(18)16-5-1-2-9(16)7-17/h3-4,6,9,17H,1-2,5,7H2,(H,15,18)/t9-/m0/s1. The van der Waals surface area contributed by atoms with Crippen LogP contribution in [0.5, 0.6) is 0 Å². The molecule has 0 aromatic heterocycles. The third-order valence-corrected chi connectivity index (χ3v) is 3.26. The number of nitrogens with one attached hydrogen (secondary N) is 1. The largest absolute Gasteiger partial charge is 0.394 e. The third-order valence-electron chi connectivity index (χ3n) is 3.02. The summed E-state index contributed by atoms with van der Waals surface area (Å²) in [6.45, 7) is 0.503. The Labute approximate surface area is 109 Å². The highest BCUT2D eigenvalue weighted by atomic mass is 35.5. The number of amides is 2. The smallest absolute Gasteiger partial charge is 0.322 e. The van der Waals surface area contributed by atoms with E-state index in [1.807, 2.05) is 0 Å². The van der Waals surface area contributed by atoms with Crippen molar-refractivity contribution >= 4 is 23.3 Å². The summed E-state index contributed by atoms with van der Waals surface area (Å²) in [6.07, 6.45) is 1.62. The molecule has 1 aromatic rings. The monoisotopic (exact) mass is 272 g/mol. The average Bonchev–Trinajstić information content (AvgIpc) is 2.81. The number of carbonyl (C=O) groups excluding carboxylic acids is 1. The predicted molar refractivity (Wildman–Crippen MR) is 67.2 cm³/mol. The molecule has 1 fully saturated rings. The quantitative estimate of drug-likeness (QED) is 0.869. The minimum atomic E-state index is -0.574. The Hall–Kier alpha value is -1.33. The Balaban J connectivity index is 2.07. The van der Waals surface area contributed by atoms with Crippen LogP contribution in [-0.4, -0.2) is 35.2 Å². The fraction of sp³-hybridized carbons (Fsp3) is 0.417. The summed E-state index contributed by atoms with van der Waals surface area (Å²) in [5, 5.41) is 11.9. The zero-order valence-electron chi connectivity index (χ0n) is 9.70. The number of benzene rings is 1. The molecular weight excluding hydrogens is 259 g/mol. The summed E-state index contributed by atoms with van der Waals surface area (Å²) in [7, 11) is 0. The van der Waals surface area contributed by atoms with Crippen LogP contribution in [0.2, 0.25) is 5.02 Å². The maximum Gasteiger partial charge on any atom is 0.322 e. The Morgan fingerprint density at radius 2 is 2.39 bits per heavy atom. The molecule has 2 N–H and O–H groups in total. The molecule has 18 heavy (non-hydrogen) atoms. The number of nitrogens with zero attached hydrogens (tertiary/aromatic N) is 1. The molecule has 0 saturated carbocycles. The van der Waals surface area contributed by atoms with E-state index in [-0.39, 0.29) is 23.4 Å². The molecule has 0 radical (unpaired) electrons. The summed E-state index contributed by atoms with van der Waals surface area (Å²) >= 11 is 5.63. The van der Waals surface area contributed by atoms with Crippen molar-refractivity contribution in [2.24, 2.45) is 0 Å². The van der Waals surface area contributed by atoms with E-state index in [1.165, 1.54) is 17.0 Å². The van der Waals surface area contributed by atoms with Gasteiger partial charge in [-0.1, -0.05) is 11.6 Å². The van der Waals surface area contributed by atoms with Crippen molar-refractivity contribution in [2.45, 2.75) is 18.9 Å². The van der Waals surface area contributed by atoms with Crippen molar-refractivity contribution in [2.75, 3.05) is 18.5 Å². The van der Waals surface area contributed by atoms with E-state index in [1.54, 1.807) is 0 Å². The summed E-state index contributed by atoms with van der Waals surface area (Å²) in [4.78, 5) is 13.4. The van der Waals surface area contributed by atoms with E-state index in [0.29, 0.717) is 6.54 Å². The third kappa shape index (κ3) is 2.73. The van der Waals surface area contributed by atoms with Crippen molar-refractivity contribution in [3.63, 3.8) is 0 Å². The molecule has 1 atom stereocenters. The first kappa shape index (κ1) is 13.1. The number of halogens is 2. The molecule has 6 heteroatoms. The number of aliphatic hydroxyl groups is 1. The molecule has 0 unspecified atom stereocenters. The van der Waals surface area contributed by atoms with Gasteiger partial charge < -0.3 is 15.3 Å². The maximum absolute atomic E-state index is 13.5. The minimum absolute atomic E-state index is 0.0729. The number of urea groups is 1. The van der Waals surface area contributed by atoms with Crippen LogP contribution in [0.25, 0.3) is 0 Å². The Morgan fingerprint density at radius 1 is 1.61 bits per heavy atom. The van der Waals surface area contributed by atoms with Gasteiger partial charge >= 0.3 is 6.03 Å². The Bertz CT molecular complexity index is 456. The second kappa shape index (κ2) is 5.54. The van der Waals surface area contributed by atoms with Crippen LogP contribution in [0.15, 0.2) is 18.2 Å². The van der Waals surface area contributed by atoms with Crippen LogP contribution in [-0.2, 0) is 0 Å². The zero-order valence-corrected chi connectivity index (χ0v) is 10.5. The van der Waals surface area contributed by atoms with Gasteiger partial charge in [0.1, 0.15) is 5.82 Å². The summed E-state index contributed by atoms with van der Waals surface area (Å²) < 4.78 is 13.5. The van der Waals surface area contributed by atoms with Gasteiger partial charge in [0.05, 0.1) is 18.3 Å². The summed E-state index contributed by atoms with van der Waals surface area (Å²) in [5.74, 6) is -0.574. The highest BCUT2D eigenvalue weighted by molar-refractivity contribution is 6.30. The molecular formula is C12H14ClFN2O2. The number of anilines is 1. The lowest BCUT2D eigenvalue weighted by Crippen LogP contribution is -2.40. The number of hydrogen-bond donors (Lipinski definition) is 2. The molecule has 1 aromatic carbocycles. The molecule has 0 bridgehead atoms. The molecule has 2 rings (SSSR count). The second-order valence-electron chi connectivity index (χ2n) is 4.23. The van der Waals surface area contributed by atoms with Gasteiger partial charge in [0, 0.05) is 11.6 Å². The summed E-state index contributed by atoms with van der Waals surface area (Å²) in [5.41, 5.74) is 0.0907. The molecule has 1 aliphatic heterocycles. The van der Waals surface area contributed by atoms with Gasteiger partial charge in [-0.15, -0.1) is 0 Å². The highest BCUT2D eigenvalue weighted by Crippen LogP contribution is 2.22. The van der Waals surface area contributed by atoms with Crippen LogP contribution in [0.1, 0.15) is 12.8 Å². The van der Waals surface area contributed by atoms with Crippen molar-refractivity contribution < 1.29 is 14.3 Å². The first-order valence-corrected chi connectivity index (χ1v) is 6.13. The average molecular weight is 273 g/mol. The van der Waals surface area contributed by atoms with Gasteiger partial charge in [0.15, 0.2) is 0 Å². The maximum atomic E-state index is 13.5. The van der Waals surface area contributed by atoms with Crippen molar-refractivity contribution in [3.05, 3.63) is 29.0 Å². The van der Waals surface area contributed by atoms with E-state index < -0.39 is 11.8 Å². The number of rotatable bonds is 2. The van der Waals surface area contributed by atoms with Crippen molar-refractivity contribution in [3.8, 4) is 0 Å². The molecule has 2 amide bonds. The van der Waals surface area contributed by atoms with Gasteiger partial charge in [-0.2, -0.15) is 0 Å². The number of carbonyl (C=O) groups is 1. The van der Waals surface area contributed by atoms with E-state index in [4.69, 9.17) is 16.7 Å². The van der Waals surface area contributed by atoms with Gasteiger partial charge in [-0.05, 0) is 31.0 Å². The van der Waals surface area contributed by atoms with E-state index >= 15 is 0 Å². The van der Waals surface area contributed by atoms with Crippen molar-refractivity contribution in [1.29, 1.82) is 0 Å². The molecule has 4 nitrogen and oxygen atoms in total. The molecule has 0 spiro atoms. The van der Waals surface area contributed by atoms with Crippen LogP contribution in [0.4, 0.5) is 14.9 Å². The second-order valence-corrected chi connectivity index (χ2v) is 4.66. The lowest BCUT2D eigenvalue weighted by Gasteiger charge is -2.23. The topological polar surface area (TPSA) is 52.6 Å². The molecule has 1 aliphatic rings. The van der Waals surface area contributed by atoms with Gasteiger partial charge in [0.2, 0.25) is 0 Å². The number of aliphatic hydroxyl groups excluding tert-OH is 1. The van der Waals surface area contributed by atoms with E-state index in [2.05, 4.69) is 5.32 Å². The lowest BCUT2D eigenvalue weighted by molar-refractivity contribution is 0.166. The van der Waals surface area contributed by atoms with Crippen molar-refractivity contribution in [1.82, 2.24) is 4.90 Å². The fourth-order valence-corrected chi connectivity index (χ4v) is 2.23. The molecule has 1 saturated heterocycles. The Morgan fingerprint density at radius 3 is 3.06 bits per heavy atom. The predicted octanol–water partition coefficient (Wildman–Crippen LogP) is 2.47. The van der Waals surface area contributed by atoms with Crippen LogP contribution < -0.4 is 5.32 Å². The zero-order chi connectivity index (χ0) is 13.1. The first-order chi connectivity index (χ1) is 8.61. The van der Waals surface area contributed by atoms with Crippen LogP contribution in [0, 0.1) is 5.82 Å². The van der Waals surface area contributed by atoms with Crippen LogP contribution >= 0.6 is 11.6 Å². The minimum Gasteiger partial charge on any atom is -0.394 e. The first-order valence-electron chi connectivity index (χ1n) is 5.75. The van der Waals surface area contributed by atoms with Gasteiger partial charge in [-0.3, -0.25) is 0 Å². The van der Waals surface area contributed by atoms with E-state index in [0.717, 1.165) is 18.9 Å². The fourth-order valence-electron chi connectivity index (χ4n) is 2.07. The van der Waals surface area contributed by atoms with Gasteiger partial charge in [-0.25, -0.2) is 9.18 Å². The number of hydrogen-bond acceptors (Lipinski definition) is 2. The van der Waals surface area contributed by atoms with E-state index in [9.17, 15) is 9.18 Å². The normalized spacial score (nSPS) is 19.1. The number of likely N-dealkylation sites (tertiary alicyclic amines) is 1. The highest BCUT2D eigenvalue weighted by Gasteiger charge is 2.28. The molecule has 98 valence electrons. The molecule has 0 aliphatic carbocycles. The summed E-state index contributed by atoms with van der Waals surface area (Å²) in [6, 6.07) is 3.49.